The highest BCUT2D eigenvalue weighted by atomic mass is 32.1. The Morgan fingerprint density at radius 2 is 1.96 bits per heavy atom. The van der Waals surface area contributed by atoms with Crippen molar-refractivity contribution in [3.8, 4) is 11.1 Å². The summed E-state index contributed by atoms with van der Waals surface area (Å²) in [6, 6.07) is 6.18. The number of nitrogens with two attached hydrogens (primary N) is 1. The van der Waals surface area contributed by atoms with Crippen LogP contribution in [0.5, 0.6) is 0 Å². The highest BCUT2D eigenvalue weighted by Gasteiger charge is 2.26. The SMILES string of the molecule is CCOC(=O)c1c(N)sc(CN2CCCC2)c1-c1ccc(F)cc1. The number of hydrogen-bond donors (Lipinski definition) is 1. The molecule has 0 radical (unpaired) electrons. The van der Waals surface area contributed by atoms with Crippen LogP contribution in [-0.4, -0.2) is 30.6 Å². The van der Waals surface area contributed by atoms with Gasteiger partial charge in [0.1, 0.15) is 16.4 Å². The van der Waals surface area contributed by atoms with Crippen LogP contribution in [0.4, 0.5) is 9.39 Å². The molecule has 24 heavy (non-hydrogen) atoms. The number of benzene rings is 1. The lowest BCUT2D eigenvalue weighted by atomic mass is 10.0. The molecule has 1 aromatic carbocycles. The fraction of sp³-hybridized carbons (Fsp3) is 0.389. The van der Waals surface area contributed by atoms with E-state index in [0.29, 0.717) is 17.2 Å². The first-order valence-corrected chi connectivity index (χ1v) is 8.98. The molecule has 1 saturated heterocycles. The molecule has 0 spiro atoms. The smallest absolute Gasteiger partial charge is 0.341 e. The third kappa shape index (κ3) is 3.44. The molecule has 0 amide bonds. The van der Waals surface area contributed by atoms with Gasteiger partial charge in [-0.2, -0.15) is 0 Å². The molecule has 2 aromatic rings. The van der Waals surface area contributed by atoms with Crippen molar-refractivity contribution in [2.45, 2.75) is 26.3 Å². The number of hydrogen-bond acceptors (Lipinski definition) is 5. The first-order chi connectivity index (χ1) is 11.6. The second-order valence-electron chi connectivity index (χ2n) is 5.85. The maximum absolute atomic E-state index is 13.3. The fourth-order valence-electron chi connectivity index (χ4n) is 3.08. The molecule has 0 aliphatic carbocycles. The van der Waals surface area contributed by atoms with E-state index >= 15 is 0 Å². The van der Waals surface area contributed by atoms with Crippen LogP contribution in [0.25, 0.3) is 11.1 Å². The molecule has 2 heterocycles. The molecule has 0 bridgehead atoms. The van der Waals surface area contributed by atoms with Gasteiger partial charge >= 0.3 is 5.97 Å². The molecule has 1 aromatic heterocycles. The summed E-state index contributed by atoms with van der Waals surface area (Å²) in [5.74, 6) is -0.723. The number of carbonyl (C=O) groups is 1. The number of thiophene rings is 1. The number of rotatable bonds is 5. The maximum atomic E-state index is 13.3. The summed E-state index contributed by atoms with van der Waals surface area (Å²) in [6.07, 6.45) is 2.38. The normalized spacial score (nSPS) is 14.9. The summed E-state index contributed by atoms with van der Waals surface area (Å²) in [5.41, 5.74) is 8.12. The van der Waals surface area contributed by atoms with E-state index in [9.17, 15) is 9.18 Å². The van der Waals surface area contributed by atoms with Crippen LogP contribution in [0.2, 0.25) is 0 Å². The molecule has 3 rings (SSSR count). The fourth-order valence-corrected chi connectivity index (χ4v) is 4.20. The number of halogens is 1. The Labute approximate surface area is 145 Å². The number of anilines is 1. The Hall–Kier alpha value is -1.92. The van der Waals surface area contributed by atoms with Crippen molar-refractivity contribution in [3.05, 3.63) is 40.5 Å². The van der Waals surface area contributed by atoms with Crippen LogP contribution < -0.4 is 5.73 Å². The highest BCUT2D eigenvalue weighted by Crippen LogP contribution is 2.40. The second-order valence-corrected chi connectivity index (χ2v) is 6.99. The zero-order valence-corrected chi connectivity index (χ0v) is 14.5. The summed E-state index contributed by atoms with van der Waals surface area (Å²) >= 11 is 1.42. The standard InChI is InChI=1S/C18H21FN2O2S/c1-2-23-18(22)16-15(12-5-7-13(19)8-6-12)14(24-17(16)20)11-21-9-3-4-10-21/h5-8H,2-4,9-11,20H2,1H3. The summed E-state index contributed by atoms with van der Waals surface area (Å²) in [5, 5.41) is 0.460. The van der Waals surface area contributed by atoms with Crippen molar-refractivity contribution >= 4 is 22.3 Å². The van der Waals surface area contributed by atoms with E-state index in [2.05, 4.69) is 4.90 Å². The average molecular weight is 348 g/mol. The molecule has 6 heteroatoms. The number of ether oxygens (including phenoxy) is 1. The van der Waals surface area contributed by atoms with Crippen LogP contribution in [0.15, 0.2) is 24.3 Å². The van der Waals surface area contributed by atoms with Crippen LogP contribution in [0.3, 0.4) is 0 Å². The minimum atomic E-state index is -0.418. The minimum Gasteiger partial charge on any atom is -0.462 e. The molecule has 128 valence electrons. The van der Waals surface area contributed by atoms with E-state index in [-0.39, 0.29) is 5.82 Å². The molecule has 1 fully saturated rings. The quantitative estimate of drug-likeness (QED) is 0.833. The number of likely N-dealkylation sites (tertiary alicyclic amines) is 1. The third-order valence-corrected chi connectivity index (χ3v) is 5.19. The van der Waals surface area contributed by atoms with Crippen molar-refractivity contribution in [1.82, 2.24) is 4.90 Å². The van der Waals surface area contributed by atoms with E-state index in [4.69, 9.17) is 10.5 Å². The van der Waals surface area contributed by atoms with Crippen LogP contribution in [-0.2, 0) is 11.3 Å². The predicted molar refractivity (Wildman–Crippen MR) is 94.6 cm³/mol. The molecular weight excluding hydrogens is 327 g/mol. The number of esters is 1. The highest BCUT2D eigenvalue weighted by molar-refractivity contribution is 7.17. The maximum Gasteiger partial charge on any atom is 0.341 e. The lowest BCUT2D eigenvalue weighted by Crippen LogP contribution is -2.18. The van der Waals surface area contributed by atoms with Crippen molar-refractivity contribution in [2.24, 2.45) is 0 Å². The molecule has 2 N–H and O–H groups in total. The van der Waals surface area contributed by atoms with Gasteiger partial charge in [-0.25, -0.2) is 9.18 Å². The summed E-state index contributed by atoms with van der Waals surface area (Å²) in [4.78, 5) is 15.8. The first kappa shape index (κ1) is 16.9. The van der Waals surface area contributed by atoms with Crippen LogP contribution in [0.1, 0.15) is 35.0 Å². The Morgan fingerprint density at radius 1 is 1.29 bits per heavy atom. The molecule has 0 unspecified atom stereocenters. The van der Waals surface area contributed by atoms with Gasteiger partial charge in [-0.1, -0.05) is 12.1 Å². The third-order valence-electron chi connectivity index (χ3n) is 4.19. The topological polar surface area (TPSA) is 55.6 Å². The van der Waals surface area contributed by atoms with Crippen molar-refractivity contribution in [2.75, 3.05) is 25.4 Å². The number of nitrogen functional groups attached to an aromatic ring is 1. The minimum absolute atomic E-state index is 0.290. The molecular formula is C18H21FN2O2S. The van der Waals surface area contributed by atoms with Crippen molar-refractivity contribution in [3.63, 3.8) is 0 Å². The zero-order chi connectivity index (χ0) is 17.1. The largest absolute Gasteiger partial charge is 0.462 e. The Kier molecular flexibility index (Phi) is 5.16. The van der Waals surface area contributed by atoms with E-state index in [0.717, 1.165) is 35.6 Å². The predicted octanol–water partition coefficient (Wildman–Crippen LogP) is 3.91. The molecule has 4 nitrogen and oxygen atoms in total. The van der Waals surface area contributed by atoms with Gasteiger partial charge in [-0.3, -0.25) is 4.90 Å². The van der Waals surface area contributed by atoms with Crippen molar-refractivity contribution in [1.29, 1.82) is 0 Å². The summed E-state index contributed by atoms with van der Waals surface area (Å²) in [6.45, 7) is 4.91. The van der Waals surface area contributed by atoms with Gasteiger partial charge in [-0.05, 0) is 50.6 Å². The summed E-state index contributed by atoms with van der Waals surface area (Å²) in [7, 11) is 0. The average Bonchev–Trinajstić information content (AvgIpc) is 3.16. The summed E-state index contributed by atoms with van der Waals surface area (Å²) < 4.78 is 18.5. The molecule has 1 aliphatic heterocycles. The van der Waals surface area contributed by atoms with Crippen LogP contribution >= 0.6 is 11.3 Å². The van der Waals surface area contributed by atoms with Gasteiger partial charge in [0.25, 0.3) is 0 Å². The van der Waals surface area contributed by atoms with Gasteiger partial charge in [0.15, 0.2) is 0 Å². The van der Waals surface area contributed by atoms with E-state index < -0.39 is 5.97 Å². The number of carbonyl (C=O) groups excluding carboxylic acids is 1. The Morgan fingerprint density at radius 3 is 2.58 bits per heavy atom. The lowest BCUT2D eigenvalue weighted by Gasteiger charge is -2.15. The monoisotopic (exact) mass is 348 g/mol. The number of nitrogens with zero attached hydrogens (tertiary/aromatic N) is 1. The molecule has 0 saturated carbocycles. The van der Waals surface area contributed by atoms with Gasteiger partial charge in [0.05, 0.1) is 6.61 Å². The van der Waals surface area contributed by atoms with Gasteiger partial charge < -0.3 is 10.5 Å². The van der Waals surface area contributed by atoms with Gasteiger partial charge in [-0.15, -0.1) is 11.3 Å². The van der Waals surface area contributed by atoms with E-state index in [1.54, 1.807) is 19.1 Å². The Bertz CT molecular complexity index is 721. The second kappa shape index (κ2) is 7.32. The van der Waals surface area contributed by atoms with Gasteiger partial charge in [0, 0.05) is 17.0 Å². The molecule has 0 atom stereocenters. The Balaban J connectivity index is 2.05. The molecule has 1 aliphatic rings. The van der Waals surface area contributed by atoms with E-state index in [1.165, 1.54) is 36.3 Å². The van der Waals surface area contributed by atoms with Crippen molar-refractivity contribution < 1.29 is 13.9 Å². The first-order valence-electron chi connectivity index (χ1n) is 8.16. The van der Waals surface area contributed by atoms with Gasteiger partial charge in [0.2, 0.25) is 0 Å². The van der Waals surface area contributed by atoms with Crippen LogP contribution in [0, 0.1) is 5.82 Å². The lowest BCUT2D eigenvalue weighted by molar-refractivity contribution is 0.0529. The zero-order valence-electron chi connectivity index (χ0n) is 13.7. The van der Waals surface area contributed by atoms with E-state index in [1.807, 2.05) is 0 Å².